The summed E-state index contributed by atoms with van der Waals surface area (Å²) in [5.41, 5.74) is 0.753. The zero-order chi connectivity index (χ0) is 16.2. The van der Waals surface area contributed by atoms with E-state index in [2.05, 4.69) is 4.72 Å². The molecule has 1 aliphatic heterocycles. The highest BCUT2D eigenvalue weighted by Gasteiger charge is 2.23. The van der Waals surface area contributed by atoms with Gasteiger partial charge in [-0.3, -0.25) is 4.79 Å². The quantitative estimate of drug-likeness (QED) is 0.850. The van der Waals surface area contributed by atoms with Gasteiger partial charge in [0.1, 0.15) is 5.82 Å². The fraction of sp³-hybridized carbons (Fsp3) is 0.400. The van der Waals surface area contributed by atoms with E-state index in [0.29, 0.717) is 25.9 Å². The zero-order valence-electron chi connectivity index (χ0n) is 12.3. The third-order valence-electron chi connectivity index (χ3n) is 3.48. The Kier molecular flexibility index (Phi) is 5.31. The van der Waals surface area contributed by atoms with Crippen molar-refractivity contribution in [3.63, 3.8) is 0 Å². The first-order chi connectivity index (χ1) is 10.3. The summed E-state index contributed by atoms with van der Waals surface area (Å²) in [6.07, 6.45) is 5.43. The van der Waals surface area contributed by atoms with Gasteiger partial charge in [0.05, 0.1) is 6.26 Å². The van der Waals surface area contributed by atoms with Crippen molar-refractivity contribution in [3.05, 3.63) is 41.7 Å². The van der Waals surface area contributed by atoms with Crippen LogP contribution in [0.25, 0.3) is 6.08 Å². The molecule has 1 aromatic rings. The summed E-state index contributed by atoms with van der Waals surface area (Å²) in [4.78, 5) is 13.7. The molecule has 0 unspecified atom stereocenters. The number of hydrogen-bond donors (Lipinski definition) is 1. The molecule has 1 saturated heterocycles. The van der Waals surface area contributed by atoms with E-state index in [1.54, 1.807) is 23.1 Å². The van der Waals surface area contributed by atoms with Crippen LogP contribution in [0.5, 0.6) is 0 Å². The monoisotopic (exact) mass is 326 g/mol. The highest BCUT2D eigenvalue weighted by Crippen LogP contribution is 2.12. The van der Waals surface area contributed by atoms with E-state index in [0.717, 1.165) is 11.8 Å². The molecular formula is C15H19FN2O3S. The molecule has 0 atom stereocenters. The van der Waals surface area contributed by atoms with Gasteiger partial charge >= 0.3 is 0 Å². The van der Waals surface area contributed by atoms with Crippen LogP contribution in [0.1, 0.15) is 18.4 Å². The molecule has 1 aromatic carbocycles. The Morgan fingerprint density at radius 2 is 1.86 bits per heavy atom. The minimum Gasteiger partial charge on any atom is -0.339 e. The molecule has 1 fully saturated rings. The standard InChI is InChI=1S/C15H19FN2O3S/c1-22(20,21)17-14-8-10-18(11-9-14)15(19)7-4-12-2-5-13(16)6-3-12/h2-7,14,17H,8-11H2,1H3. The van der Waals surface area contributed by atoms with E-state index in [9.17, 15) is 17.6 Å². The Morgan fingerprint density at radius 3 is 2.41 bits per heavy atom. The van der Waals surface area contributed by atoms with Crippen LogP contribution in [0, 0.1) is 5.82 Å². The molecule has 1 N–H and O–H groups in total. The number of hydrogen-bond acceptors (Lipinski definition) is 3. The first kappa shape index (κ1) is 16.6. The molecule has 7 heteroatoms. The third kappa shape index (κ3) is 5.23. The van der Waals surface area contributed by atoms with Crippen molar-refractivity contribution in [3.8, 4) is 0 Å². The molecule has 0 spiro atoms. The van der Waals surface area contributed by atoms with Crippen molar-refractivity contribution >= 4 is 22.0 Å². The van der Waals surface area contributed by atoms with E-state index >= 15 is 0 Å². The maximum absolute atomic E-state index is 12.8. The van der Waals surface area contributed by atoms with Gasteiger partial charge < -0.3 is 4.90 Å². The molecule has 120 valence electrons. The molecule has 2 rings (SSSR count). The van der Waals surface area contributed by atoms with Crippen LogP contribution >= 0.6 is 0 Å². The summed E-state index contributed by atoms with van der Waals surface area (Å²) in [6, 6.07) is 5.77. The Labute approximate surface area is 129 Å². The number of carbonyl (C=O) groups excluding carboxylic acids is 1. The molecule has 22 heavy (non-hydrogen) atoms. The van der Waals surface area contributed by atoms with Crippen LogP contribution in [0.2, 0.25) is 0 Å². The third-order valence-corrected chi connectivity index (χ3v) is 4.24. The molecule has 0 aliphatic carbocycles. The SMILES string of the molecule is CS(=O)(=O)NC1CCN(C(=O)C=Cc2ccc(F)cc2)CC1. The fourth-order valence-corrected chi connectivity index (χ4v) is 3.21. The Bertz CT molecular complexity index is 648. The minimum absolute atomic E-state index is 0.111. The highest BCUT2D eigenvalue weighted by atomic mass is 32.2. The fourth-order valence-electron chi connectivity index (χ4n) is 2.37. The summed E-state index contributed by atoms with van der Waals surface area (Å²) in [5.74, 6) is -0.439. The number of likely N-dealkylation sites (tertiary alicyclic amines) is 1. The lowest BCUT2D eigenvalue weighted by Gasteiger charge is -2.31. The van der Waals surface area contributed by atoms with Gasteiger partial charge in [-0.1, -0.05) is 12.1 Å². The van der Waals surface area contributed by atoms with Crippen LogP contribution in [0.15, 0.2) is 30.3 Å². The lowest BCUT2D eigenvalue weighted by atomic mass is 10.1. The van der Waals surface area contributed by atoms with Gasteiger partial charge in [0, 0.05) is 25.2 Å². The van der Waals surface area contributed by atoms with E-state index in [4.69, 9.17) is 0 Å². The number of rotatable bonds is 4. The second-order valence-electron chi connectivity index (χ2n) is 5.37. The summed E-state index contributed by atoms with van der Waals surface area (Å²) in [5, 5.41) is 0. The van der Waals surface area contributed by atoms with Gasteiger partial charge in [-0.25, -0.2) is 17.5 Å². The summed E-state index contributed by atoms with van der Waals surface area (Å²) >= 11 is 0. The van der Waals surface area contributed by atoms with Crippen LogP contribution < -0.4 is 4.72 Å². The second kappa shape index (κ2) is 7.02. The predicted octanol–water partition coefficient (Wildman–Crippen LogP) is 1.38. The molecule has 1 amide bonds. The Hall–Kier alpha value is -1.73. The highest BCUT2D eigenvalue weighted by molar-refractivity contribution is 7.88. The lowest BCUT2D eigenvalue weighted by Crippen LogP contribution is -2.45. The largest absolute Gasteiger partial charge is 0.339 e. The summed E-state index contributed by atoms with van der Waals surface area (Å²) in [7, 11) is -3.21. The maximum atomic E-state index is 12.8. The first-order valence-electron chi connectivity index (χ1n) is 7.03. The molecule has 0 aromatic heterocycles. The predicted molar refractivity (Wildman–Crippen MR) is 83.0 cm³/mol. The number of benzene rings is 1. The van der Waals surface area contributed by atoms with Crippen molar-refractivity contribution in [2.45, 2.75) is 18.9 Å². The van der Waals surface area contributed by atoms with Gasteiger partial charge in [-0.2, -0.15) is 0 Å². The van der Waals surface area contributed by atoms with E-state index in [1.807, 2.05) is 0 Å². The van der Waals surface area contributed by atoms with Crippen LogP contribution in [-0.2, 0) is 14.8 Å². The molecule has 0 bridgehead atoms. The van der Waals surface area contributed by atoms with E-state index in [-0.39, 0.29) is 17.8 Å². The van der Waals surface area contributed by atoms with Crippen molar-refractivity contribution in [2.24, 2.45) is 0 Å². The average Bonchev–Trinajstić information content (AvgIpc) is 2.45. The van der Waals surface area contributed by atoms with Crippen LogP contribution in [0.4, 0.5) is 4.39 Å². The number of nitrogens with zero attached hydrogens (tertiary/aromatic N) is 1. The van der Waals surface area contributed by atoms with Gasteiger partial charge in [0.15, 0.2) is 0 Å². The lowest BCUT2D eigenvalue weighted by molar-refractivity contribution is -0.126. The Morgan fingerprint density at radius 1 is 1.27 bits per heavy atom. The average molecular weight is 326 g/mol. The van der Waals surface area contributed by atoms with Crippen molar-refractivity contribution < 1.29 is 17.6 Å². The molecule has 1 heterocycles. The Balaban J connectivity index is 1.86. The van der Waals surface area contributed by atoms with Crippen molar-refractivity contribution in [1.82, 2.24) is 9.62 Å². The normalized spacial score (nSPS) is 17.1. The number of amides is 1. The molecule has 0 saturated carbocycles. The zero-order valence-corrected chi connectivity index (χ0v) is 13.1. The topological polar surface area (TPSA) is 66.5 Å². The molecular weight excluding hydrogens is 307 g/mol. The van der Waals surface area contributed by atoms with Crippen LogP contribution in [0.3, 0.4) is 0 Å². The number of carbonyl (C=O) groups is 1. The number of sulfonamides is 1. The smallest absolute Gasteiger partial charge is 0.246 e. The van der Waals surface area contributed by atoms with Gasteiger partial charge in [-0.05, 0) is 36.6 Å². The summed E-state index contributed by atoms with van der Waals surface area (Å²) in [6.45, 7) is 1.03. The van der Waals surface area contributed by atoms with Crippen LogP contribution in [-0.4, -0.2) is 44.6 Å². The number of halogens is 1. The van der Waals surface area contributed by atoms with Gasteiger partial charge in [0.25, 0.3) is 0 Å². The van der Waals surface area contributed by atoms with E-state index in [1.165, 1.54) is 18.2 Å². The number of piperidine rings is 1. The van der Waals surface area contributed by atoms with Gasteiger partial charge in [0.2, 0.25) is 15.9 Å². The van der Waals surface area contributed by atoms with Gasteiger partial charge in [-0.15, -0.1) is 0 Å². The van der Waals surface area contributed by atoms with E-state index < -0.39 is 10.0 Å². The first-order valence-corrected chi connectivity index (χ1v) is 8.92. The second-order valence-corrected chi connectivity index (χ2v) is 7.15. The van der Waals surface area contributed by atoms with Crippen molar-refractivity contribution in [1.29, 1.82) is 0 Å². The molecule has 1 aliphatic rings. The summed E-state index contributed by atoms with van der Waals surface area (Å²) < 4.78 is 37.7. The maximum Gasteiger partial charge on any atom is 0.246 e. The molecule has 0 radical (unpaired) electrons. The number of nitrogens with one attached hydrogen (secondary N) is 1. The minimum atomic E-state index is -3.21. The van der Waals surface area contributed by atoms with Crippen molar-refractivity contribution in [2.75, 3.05) is 19.3 Å². The molecule has 5 nitrogen and oxygen atoms in total.